The van der Waals surface area contributed by atoms with Crippen LogP contribution in [-0.2, 0) is 4.79 Å². The van der Waals surface area contributed by atoms with Gasteiger partial charge in [0, 0.05) is 11.5 Å². The number of allylic oxidation sites excluding steroid dienone is 4. The molecule has 0 N–H and O–H groups in total. The van der Waals surface area contributed by atoms with Gasteiger partial charge in [-0.25, -0.2) is 0 Å². The molecular weight excluding hydrogens is 160 g/mol. The van der Waals surface area contributed by atoms with E-state index in [4.69, 9.17) is 0 Å². The number of carbonyl (C=O) groups excluding carboxylic acids is 1. The van der Waals surface area contributed by atoms with Gasteiger partial charge < -0.3 is 0 Å². The van der Waals surface area contributed by atoms with Crippen LogP contribution < -0.4 is 0 Å². The van der Waals surface area contributed by atoms with Crippen molar-refractivity contribution in [1.82, 2.24) is 0 Å². The molecule has 0 aromatic rings. The van der Waals surface area contributed by atoms with Crippen LogP contribution >= 0.6 is 0 Å². The second-order valence-corrected chi connectivity index (χ2v) is 4.83. The molecule has 1 fully saturated rings. The average Bonchev–Trinajstić information content (AvgIpc) is 2.83. The zero-order valence-electron chi connectivity index (χ0n) is 8.34. The Morgan fingerprint density at radius 1 is 1.46 bits per heavy atom. The van der Waals surface area contributed by atoms with Gasteiger partial charge in [0.25, 0.3) is 0 Å². The highest BCUT2D eigenvalue weighted by Crippen LogP contribution is 2.36. The molecule has 0 aliphatic heterocycles. The third-order valence-corrected chi connectivity index (χ3v) is 2.72. The van der Waals surface area contributed by atoms with Crippen LogP contribution in [0.15, 0.2) is 23.8 Å². The number of carbonyl (C=O) groups is 1. The third kappa shape index (κ3) is 1.90. The fourth-order valence-corrected chi connectivity index (χ4v) is 1.75. The van der Waals surface area contributed by atoms with Gasteiger partial charge in [-0.15, -0.1) is 0 Å². The Labute approximate surface area is 79.5 Å². The topological polar surface area (TPSA) is 17.1 Å². The summed E-state index contributed by atoms with van der Waals surface area (Å²) in [5, 5.41) is 0. The molecule has 2 rings (SSSR count). The van der Waals surface area contributed by atoms with Crippen LogP contribution in [0.3, 0.4) is 0 Å². The largest absolute Gasteiger partial charge is 0.294 e. The van der Waals surface area contributed by atoms with E-state index in [1.54, 1.807) is 0 Å². The summed E-state index contributed by atoms with van der Waals surface area (Å²) in [5.74, 6) is 0.717. The van der Waals surface area contributed by atoms with Crippen LogP contribution in [0.4, 0.5) is 0 Å². The lowest BCUT2D eigenvalue weighted by molar-refractivity contribution is -0.116. The van der Waals surface area contributed by atoms with Crippen molar-refractivity contribution < 1.29 is 4.79 Å². The van der Waals surface area contributed by atoms with Gasteiger partial charge in [0.05, 0.1) is 0 Å². The second-order valence-electron chi connectivity index (χ2n) is 4.83. The van der Waals surface area contributed by atoms with E-state index < -0.39 is 0 Å². The lowest BCUT2D eigenvalue weighted by atomic mass is 9.82. The van der Waals surface area contributed by atoms with Crippen LogP contribution in [0.25, 0.3) is 0 Å². The Hall–Kier alpha value is -0.850. The molecule has 0 unspecified atom stereocenters. The standard InChI is InChI=1S/C12H16O/c1-12(2)7-3-4-10(8-12)11(13)9-5-6-9/h3-4,8-9H,5-7H2,1-2H3. The van der Waals surface area contributed by atoms with Gasteiger partial charge in [0.1, 0.15) is 0 Å². The Kier molecular flexibility index (Phi) is 1.90. The lowest BCUT2D eigenvalue weighted by Gasteiger charge is -2.22. The molecule has 1 saturated carbocycles. The predicted molar refractivity (Wildman–Crippen MR) is 53.4 cm³/mol. The number of hydrogen-bond donors (Lipinski definition) is 0. The molecule has 0 radical (unpaired) electrons. The SMILES string of the molecule is CC1(C)C=C(C(=O)C2CC2)C=CC1. The maximum Gasteiger partial charge on any atom is 0.165 e. The van der Waals surface area contributed by atoms with Crippen molar-refractivity contribution in [2.24, 2.45) is 11.3 Å². The minimum Gasteiger partial charge on any atom is -0.294 e. The zero-order chi connectivity index (χ0) is 9.47. The number of Topliss-reactive ketones (excluding diaryl/α,β-unsaturated/α-hetero) is 1. The van der Waals surface area contributed by atoms with E-state index in [0.29, 0.717) is 11.7 Å². The molecule has 0 amide bonds. The number of hydrogen-bond acceptors (Lipinski definition) is 1. The van der Waals surface area contributed by atoms with E-state index in [0.717, 1.165) is 24.8 Å². The van der Waals surface area contributed by atoms with Gasteiger partial charge in [-0.2, -0.15) is 0 Å². The quantitative estimate of drug-likeness (QED) is 0.632. The summed E-state index contributed by atoms with van der Waals surface area (Å²) in [7, 11) is 0. The van der Waals surface area contributed by atoms with E-state index in [-0.39, 0.29) is 5.41 Å². The van der Waals surface area contributed by atoms with Gasteiger partial charge in [-0.05, 0) is 24.7 Å². The molecule has 2 aliphatic rings. The van der Waals surface area contributed by atoms with Crippen molar-refractivity contribution in [1.29, 1.82) is 0 Å². The summed E-state index contributed by atoms with van der Waals surface area (Å²) in [6.07, 6.45) is 9.50. The summed E-state index contributed by atoms with van der Waals surface area (Å²) in [6.45, 7) is 4.35. The first-order valence-corrected chi connectivity index (χ1v) is 5.02. The van der Waals surface area contributed by atoms with Crippen LogP contribution in [0.2, 0.25) is 0 Å². The smallest absolute Gasteiger partial charge is 0.165 e. The summed E-state index contributed by atoms with van der Waals surface area (Å²) < 4.78 is 0. The molecule has 1 nitrogen and oxygen atoms in total. The molecule has 2 aliphatic carbocycles. The van der Waals surface area contributed by atoms with Gasteiger partial charge in [0.2, 0.25) is 0 Å². The molecule has 0 heterocycles. The summed E-state index contributed by atoms with van der Waals surface area (Å²) in [4.78, 5) is 11.7. The van der Waals surface area contributed by atoms with Crippen LogP contribution in [-0.4, -0.2) is 5.78 Å². The molecular formula is C12H16O. The Balaban J connectivity index is 2.17. The maximum absolute atomic E-state index is 11.7. The highest BCUT2D eigenvalue weighted by atomic mass is 16.1. The van der Waals surface area contributed by atoms with Crippen LogP contribution in [0.1, 0.15) is 33.1 Å². The molecule has 13 heavy (non-hydrogen) atoms. The fourth-order valence-electron chi connectivity index (χ4n) is 1.75. The van der Waals surface area contributed by atoms with Crippen LogP contribution in [0, 0.1) is 11.3 Å². The third-order valence-electron chi connectivity index (χ3n) is 2.72. The molecule has 0 atom stereocenters. The number of ketones is 1. The van der Waals surface area contributed by atoms with Crippen LogP contribution in [0.5, 0.6) is 0 Å². The molecule has 70 valence electrons. The normalized spacial score (nSPS) is 25.5. The van der Waals surface area contributed by atoms with Crippen molar-refractivity contribution in [3.05, 3.63) is 23.8 Å². The van der Waals surface area contributed by atoms with Gasteiger partial charge in [0.15, 0.2) is 5.78 Å². The van der Waals surface area contributed by atoms with Crippen molar-refractivity contribution >= 4 is 5.78 Å². The summed E-state index contributed by atoms with van der Waals surface area (Å²) >= 11 is 0. The van der Waals surface area contributed by atoms with Crippen molar-refractivity contribution in [3.63, 3.8) is 0 Å². The summed E-state index contributed by atoms with van der Waals surface area (Å²) in [5.41, 5.74) is 1.12. The van der Waals surface area contributed by atoms with Gasteiger partial charge in [-0.3, -0.25) is 4.79 Å². The number of rotatable bonds is 2. The predicted octanol–water partition coefficient (Wildman–Crippen LogP) is 2.88. The molecule has 0 spiro atoms. The minimum absolute atomic E-state index is 0.175. The first-order valence-electron chi connectivity index (χ1n) is 5.02. The Morgan fingerprint density at radius 3 is 2.69 bits per heavy atom. The van der Waals surface area contributed by atoms with E-state index in [1.807, 2.05) is 6.08 Å². The van der Waals surface area contributed by atoms with Gasteiger partial charge in [-0.1, -0.05) is 32.1 Å². The Morgan fingerprint density at radius 2 is 2.15 bits per heavy atom. The van der Waals surface area contributed by atoms with Crippen molar-refractivity contribution in [2.75, 3.05) is 0 Å². The molecule has 0 aromatic heterocycles. The second kappa shape index (κ2) is 2.83. The van der Waals surface area contributed by atoms with Gasteiger partial charge >= 0.3 is 0 Å². The highest BCUT2D eigenvalue weighted by Gasteiger charge is 2.32. The average molecular weight is 176 g/mol. The molecule has 0 aromatic carbocycles. The molecule has 1 heteroatoms. The van der Waals surface area contributed by atoms with E-state index in [9.17, 15) is 4.79 Å². The van der Waals surface area contributed by atoms with Crippen molar-refractivity contribution in [3.8, 4) is 0 Å². The highest BCUT2D eigenvalue weighted by molar-refractivity contribution is 6.01. The fraction of sp³-hybridized carbons (Fsp3) is 0.583. The van der Waals surface area contributed by atoms with E-state index in [2.05, 4.69) is 26.0 Å². The molecule has 0 bridgehead atoms. The first-order chi connectivity index (χ1) is 6.08. The first kappa shape index (κ1) is 8.74. The van der Waals surface area contributed by atoms with Crippen molar-refractivity contribution in [2.45, 2.75) is 33.1 Å². The van der Waals surface area contributed by atoms with E-state index in [1.165, 1.54) is 0 Å². The van der Waals surface area contributed by atoms with E-state index >= 15 is 0 Å². The minimum atomic E-state index is 0.175. The lowest BCUT2D eigenvalue weighted by Crippen LogP contribution is -2.14. The summed E-state index contributed by atoms with van der Waals surface area (Å²) in [6, 6.07) is 0. The molecule has 0 saturated heterocycles. The Bertz CT molecular complexity index is 290. The maximum atomic E-state index is 11.7. The zero-order valence-corrected chi connectivity index (χ0v) is 8.34. The monoisotopic (exact) mass is 176 g/mol.